The van der Waals surface area contributed by atoms with Crippen LogP contribution in [-0.4, -0.2) is 17.3 Å². The Morgan fingerprint density at radius 2 is 2.30 bits per heavy atom. The van der Waals surface area contributed by atoms with Crippen molar-refractivity contribution < 1.29 is 5.11 Å². The van der Waals surface area contributed by atoms with E-state index < -0.39 is 0 Å². The SMILES string of the molecule is C=CC(N[CH]CC)C(C)O. The monoisotopic (exact) mass is 142 g/mol. The van der Waals surface area contributed by atoms with E-state index in [1.54, 1.807) is 13.0 Å². The molecule has 0 aliphatic carbocycles. The van der Waals surface area contributed by atoms with Crippen molar-refractivity contribution in [2.75, 3.05) is 0 Å². The molecule has 0 amide bonds. The summed E-state index contributed by atoms with van der Waals surface area (Å²) in [5.74, 6) is 0. The van der Waals surface area contributed by atoms with Crippen molar-refractivity contribution >= 4 is 0 Å². The minimum atomic E-state index is -0.375. The highest BCUT2D eigenvalue weighted by Gasteiger charge is 2.07. The first kappa shape index (κ1) is 9.66. The van der Waals surface area contributed by atoms with Crippen LogP contribution in [0.3, 0.4) is 0 Å². The predicted molar refractivity (Wildman–Crippen MR) is 43.4 cm³/mol. The quantitative estimate of drug-likeness (QED) is 0.563. The Bertz CT molecular complexity index is 91.3. The first-order valence-corrected chi connectivity index (χ1v) is 3.60. The third-order valence-electron chi connectivity index (χ3n) is 1.29. The molecule has 2 unspecified atom stereocenters. The van der Waals surface area contributed by atoms with Gasteiger partial charge in [-0.2, -0.15) is 0 Å². The lowest BCUT2D eigenvalue weighted by Gasteiger charge is -2.16. The fraction of sp³-hybridized carbons (Fsp3) is 0.625. The zero-order valence-corrected chi connectivity index (χ0v) is 6.67. The number of hydrogen-bond acceptors (Lipinski definition) is 2. The van der Waals surface area contributed by atoms with Crippen LogP contribution in [-0.2, 0) is 0 Å². The molecule has 59 valence electrons. The van der Waals surface area contributed by atoms with Crippen molar-refractivity contribution in [2.24, 2.45) is 0 Å². The summed E-state index contributed by atoms with van der Waals surface area (Å²) in [7, 11) is 0. The Labute approximate surface area is 62.9 Å². The normalized spacial score (nSPS) is 16.3. The van der Waals surface area contributed by atoms with Crippen LogP contribution in [0.15, 0.2) is 12.7 Å². The van der Waals surface area contributed by atoms with Gasteiger partial charge in [-0.3, -0.25) is 0 Å². The summed E-state index contributed by atoms with van der Waals surface area (Å²) >= 11 is 0. The first-order valence-electron chi connectivity index (χ1n) is 3.60. The van der Waals surface area contributed by atoms with Gasteiger partial charge >= 0.3 is 0 Å². The van der Waals surface area contributed by atoms with Gasteiger partial charge in [-0.1, -0.05) is 13.0 Å². The molecule has 10 heavy (non-hydrogen) atoms. The molecule has 1 radical (unpaired) electrons. The minimum absolute atomic E-state index is 0.0139. The molecule has 2 heteroatoms. The third kappa shape index (κ3) is 3.64. The largest absolute Gasteiger partial charge is 0.391 e. The fourth-order valence-electron chi connectivity index (χ4n) is 0.658. The fourth-order valence-corrected chi connectivity index (χ4v) is 0.658. The molecule has 0 aliphatic rings. The molecule has 0 heterocycles. The Kier molecular flexibility index (Phi) is 5.26. The Balaban J connectivity index is 3.50. The zero-order chi connectivity index (χ0) is 7.98. The second-order valence-corrected chi connectivity index (χ2v) is 2.28. The second kappa shape index (κ2) is 5.45. The molecular formula is C8H16NO. The number of rotatable bonds is 5. The molecule has 0 bridgehead atoms. The molecule has 0 saturated heterocycles. The molecule has 0 rings (SSSR count). The van der Waals surface area contributed by atoms with Crippen molar-refractivity contribution in [1.82, 2.24) is 5.32 Å². The number of nitrogens with one attached hydrogen (secondary N) is 1. The maximum atomic E-state index is 9.09. The molecule has 2 atom stereocenters. The van der Waals surface area contributed by atoms with Gasteiger partial charge in [0.15, 0.2) is 0 Å². The van der Waals surface area contributed by atoms with Gasteiger partial charge in [0.25, 0.3) is 0 Å². The van der Waals surface area contributed by atoms with Crippen LogP contribution in [0.25, 0.3) is 0 Å². The lowest BCUT2D eigenvalue weighted by atomic mass is 10.2. The minimum Gasteiger partial charge on any atom is -0.391 e. The Morgan fingerprint density at radius 3 is 2.60 bits per heavy atom. The highest BCUT2D eigenvalue weighted by atomic mass is 16.3. The third-order valence-corrected chi connectivity index (χ3v) is 1.29. The zero-order valence-electron chi connectivity index (χ0n) is 6.67. The van der Waals surface area contributed by atoms with E-state index in [0.29, 0.717) is 0 Å². The maximum Gasteiger partial charge on any atom is 0.0700 e. The lowest BCUT2D eigenvalue weighted by Crippen LogP contribution is -2.34. The van der Waals surface area contributed by atoms with Crippen molar-refractivity contribution in [1.29, 1.82) is 0 Å². The molecule has 2 nitrogen and oxygen atoms in total. The molecule has 0 aliphatic heterocycles. The van der Waals surface area contributed by atoms with E-state index in [1.807, 2.05) is 13.5 Å². The van der Waals surface area contributed by atoms with Crippen LogP contribution in [0, 0.1) is 6.54 Å². The smallest absolute Gasteiger partial charge is 0.0700 e. The molecule has 0 aromatic heterocycles. The highest BCUT2D eigenvalue weighted by Crippen LogP contribution is 1.94. The summed E-state index contributed by atoms with van der Waals surface area (Å²) in [6.45, 7) is 9.28. The van der Waals surface area contributed by atoms with E-state index in [0.717, 1.165) is 6.42 Å². The highest BCUT2D eigenvalue weighted by molar-refractivity contribution is 4.91. The average molecular weight is 142 g/mol. The Morgan fingerprint density at radius 1 is 1.70 bits per heavy atom. The maximum absolute atomic E-state index is 9.09. The van der Waals surface area contributed by atoms with E-state index >= 15 is 0 Å². The van der Waals surface area contributed by atoms with Gasteiger partial charge in [0.05, 0.1) is 12.1 Å². The molecule has 2 N–H and O–H groups in total. The lowest BCUT2D eigenvalue weighted by molar-refractivity contribution is 0.168. The summed E-state index contributed by atoms with van der Waals surface area (Å²) in [6, 6.07) is -0.0139. The van der Waals surface area contributed by atoms with Gasteiger partial charge in [0, 0.05) is 6.54 Å². The topological polar surface area (TPSA) is 32.3 Å². The van der Waals surface area contributed by atoms with Crippen LogP contribution in [0.4, 0.5) is 0 Å². The van der Waals surface area contributed by atoms with E-state index in [-0.39, 0.29) is 12.1 Å². The number of hydrogen-bond donors (Lipinski definition) is 2. The molecule has 0 aromatic rings. The van der Waals surface area contributed by atoms with E-state index in [1.165, 1.54) is 0 Å². The second-order valence-electron chi connectivity index (χ2n) is 2.28. The molecule has 0 aromatic carbocycles. The van der Waals surface area contributed by atoms with Crippen LogP contribution >= 0.6 is 0 Å². The van der Waals surface area contributed by atoms with Crippen molar-refractivity contribution in [2.45, 2.75) is 32.4 Å². The number of aliphatic hydroxyl groups excluding tert-OH is 1. The van der Waals surface area contributed by atoms with E-state index in [4.69, 9.17) is 5.11 Å². The van der Waals surface area contributed by atoms with Crippen molar-refractivity contribution in [3.63, 3.8) is 0 Å². The molecule has 0 saturated carbocycles. The summed E-state index contributed by atoms with van der Waals surface area (Å²) in [5.41, 5.74) is 0. The van der Waals surface area contributed by atoms with Crippen LogP contribution in [0.1, 0.15) is 20.3 Å². The van der Waals surface area contributed by atoms with Gasteiger partial charge in [0.2, 0.25) is 0 Å². The van der Waals surface area contributed by atoms with Crippen LogP contribution in [0.5, 0.6) is 0 Å². The number of aliphatic hydroxyl groups is 1. The summed E-state index contributed by atoms with van der Waals surface area (Å²) in [6.07, 6.45) is 2.29. The van der Waals surface area contributed by atoms with E-state index in [9.17, 15) is 0 Å². The molecule has 0 fully saturated rings. The van der Waals surface area contributed by atoms with Gasteiger partial charge in [0.1, 0.15) is 0 Å². The van der Waals surface area contributed by atoms with Gasteiger partial charge in [-0.05, 0) is 13.3 Å². The summed E-state index contributed by atoms with van der Waals surface area (Å²) < 4.78 is 0. The first-order chi connectivity index (χ1) is 4.72. The molecular weight excluding hydrogens is 126 g/mol. The Hall–Kier alpha value is -0.340. The standard InChI is InChI=1S/C8H16NO/c1-4-6-9-8(5-2)7(3)10/h5-10H,2,4H2,1,3H3. The summed E-state index contributed by atoms with van der Waals surface area (Å²) in [5, 5.41) is 12.1. The van der Waals surface area contributed by atoms with E-state index in [2.05, 4.69) is 11.9 Å². The van der Waals surface area contributed by atoms with Gasteiger partial charge in [-0.25, -0.2) is 0 Å². The van der Waals surface area contributed by atoms with Gasteiger partial charge in [-0.15, -0.1) is 6.58 Å². The molecule has 0 spiro atoms. The van der Waals surface area contributed by atoms with Gasteiger partial charge < -0.3 is 10.4 Å². The average Bonchev–Trinajstić information content (AvgIpc) is 1.89. The predicted octanol–water partition coefficient (Wildman–Crippen LogP) is 1.08. The van der Waals surface area contributed by atoms with Crippen molar-refractivity contribution in [3.8, 4) is 0 Å². The summed E-state index contributed by atoms with van der Waals surface area (Å²) in [4.78, 5) is 0. The van der Waals surface area contributed by atoms with Crippen LogP contribution in [0.2, 0.25) is 0 Å². The van der Waals surface area contributed by atoms with Crippen molar-refractivity contribution in [3.05, 3.63) is 19.2 Å². The van der Waals surface area contributed by atoms with Crippen LogP contribution < -0.4 is 5.32 Å².